The summed E-state index contributed by atoms with van der Waals surface area (Å²) in [5, 5.41) is 10.7. The molecule has 134 valence electrons. The highest BCUT2D eigenvalue weighted by atomic mass is 19.4. The minimum absolute atomic E-state index is 0.0786. The van der Waals surface area contributed by atoms with Crippen molar-refractivity contribution in [3.8, 4) is 11.5 Å². The highest BCUT2D eigenvalue weighted by Gasteiger charge is 2.49. The van der Waals surface area contributed by atoms with Gasteiger partial charge in [0.2, 0.25) is 0 Å². The molecule has 1 aliphatic carbocycles. The lowest BCUT2D eigenvalue weighted by molar-refractivity contribution is -0.136. The van der Waals surface area contributed by atoms with Gasteiger partial charge in [-0.2, -0.15) is 13.2 Å². The zero-order valence-electron chi connectivity index (χ0n) is 14.0. The van der Waals surface area contributed by atoms with Gasteiger partial charge in [-0.25, -0.2) is 4.98 Å². The zero-order valence-corrected chi connectivity index (χ0v) is 14.0. The van der Waals surface area contributed by atoms with Crippen LogP contribution in [0.5, 0.6) is 11.5 Å². The first-order valence-electron chi connectivity index (χ1n) is 8.20. The number of para-hydroxylation sites is 1. The lowest BCUT2D eigenvalue weighted by Gasteiger charge is -2.19. The summed E-state index contributed by atoms with van der Waals surface area (Å²) in [6.07, 6.45) is -3.06. The van der Waals surface area contributed by atoms with Gasteiger partial charge in [-0.05, 0) is 42.7 Å². The van der Waals surface area contributed by atoms with E-state index < -0.39 is 17.2 Å². The van der Waals surface area contributed by atoms with E-state index in [1.807, 2.05) is 12.1 Å². The number of hydrogen-bond donors (Lipinski definition) is 1. The molecule has 1 N–H and O–H groups in total. The number of rotatable bonds is 3. The number of pyridine rings is 1. The fourth-order valence-corrected chi connectivity index (χ4v) is 3.47. The first-order chi connectivity index (χ1) is 12.3. The molecule has 2 aromatic carbocycles. The summed E-state index contributed by atoms with van der Waals surface area (Å²) in [5.74, 6) is 0.616. The lowest BCUT2D eigenvalue weighted by atomic mass is 9.90. The fourth-order valence-electron chi connectivity index (χ4n) is 3.47. The molecule has 1 saturated carbocycles. The fraction of sp³-hybridized carbons (Fsp3) is 0.250. The van der Waals surface area contributed by atoms with Crippen LogP contribution in [0.1, 0.15) is 29.7 Å². The van der Waals surface area contributed by atoms with Crippen LogP contribution in [0.15, 0.2) is 48.5 Å². The maximum Gasteiger partial charge on any atom is 0.418 e. The molecule has 0 amide bonds. The Hall–Kier alpha value is -2.76. The van der Waals surface area contributed by atoms with E-state index in [1.165, 1.54) is 18.2 Å². The first kappa shape index (κ1) is 16.7. The van der Waals surface area contributed by atoms with Gasteiger partial charge in [0.1, 0.15) is 11.5 Å². The smallest absolute Gasteiger partial charge is 0.418 e. The number of alkyl halides is 3. The van der Waals surface area contributed by atoms with Crippen LogP contribution in [0.2, 0.25) is 0 Å². The lowest BCUT2D eigenvalue weighted by Crippen LogP contribution is -2.13. The van der Waals surface area contributed by atoms with Crippen molar-refractivity contribution in [2.24, 2.45) is 0 Å². The van der Waals surface area contributed by atoms with Gasteiger partial charge < -0.3 is 9.84 Å². The Morgan fingerprint density at radius 3 is 2.35 bits per heavy atom. The zero-order chi connectivity index (χ0) is 18.5. The quantitative estimate of drug-likeness (QED) is 0.712. The number of halogens is 3. The molecule has 0 bridgehead atoms. The van der Waals surface area contributed by atoms with Crippen LogP contribution >= 0.6 is 0 Å². The van der Waals surface area contributed by atoms with Crippen LogP contribution in [-0.4, -0.2) is 17.2 Å². The van der Waals surface area contributed by atoms with Crippen molar-refractivity contribution < 1.29 is 23.0 Å². The van der Waals surface area contributed by atoms with Crippen LogP contribution in [-0.2, 0) is 11.6 Å². The summed E-state index contributed by atoms with van der Waals surface area (Å²) in [7, 11) is 1.57. The van der Waals surface area contributed by atoms with E-state index in [0.717, 1.165) is 24.5 Å². The molecule has 26 heavy (non-hydrogen) atoms. The minimum Gasteiger partial charge on any atom is -0.506 e. The molecule has 0 radical (unpaired) electrons. The molecule has 4 rings (SSSR count). The van der Waals surface area contributed by atoms with Gasteiger partial charge in [-0.15, -0.1) is 0 Å². The van der Waals surface area contributed by atoms with E-state index >= 15 is 0 Å². The van der Waals surface area contributed by atoms with E-state index in [2.05, 4.69) is 4.98 Å². The molecule has 0 atom stereocenters. The second kappa shape index (κ2) is 5.62. The van der Waals surface area contributed by atoms with Crippen LogP contribution < -0.4 is 4.74 Å². The number of benzene rings is 2. The van der Waals surface area contributed by atoms with Crippen molar-refractivity contribution in [3.63, 3.8) is 0 Å². The van der Waals surface area contributed by atoms with E-state index in [0.29, 0.717) is 11.4 Å². The van der Waals surface area contributed by atoms with Crippen molar-refractivity contribution in [1.29, 1.82) is 0 Å². The number of ether oxygens (including phenoxy) is 1. The van der Waals surface area contributed by atoms with E-state index in [-0.39, 0.29) is 16.7 Å². The molecular formula is C20H16F3NO2. The normalized spacial score (nSPS) is 15.8. The number of fused-ring (bicyclic) bond motifs is 1. The summed E-state index contributed by atoms with van der Waals surface area (Å²) in [4.78, 5) is 4.29. The molecule has 1 aromatic heterocycles. The third kappa shape index (κ3) is 2.57. The number of aromatic nitrogens is 1. The maximum absolute atomic E-state index is 13.4. The highest BCUT2D eigenvalue weighted by Crippen LogP contribution is 2.55. The average molecular weight is 359 g/mol. The minimum atomic E-state index is -4.50. The van der Waals surface area contributed by atoms with Crippen molar-refractivity contribution in [2.75, 3.05) is 7.11 Å². The summed E-state index contributed by atoms with van der Waals surface area (Å²) in [6.45, 7) is 0. The van der Waals surface area contributed by atoms with Gasteiger partial charge in [-0.1, -0.05) is 24.3 Å². The Kier molecular flexibility index (Phi) is 3.61. The molecule has 1 fully saturated rings. The summed E-state index contributed by atoms with van der Waals surface area (Å²) >= 11 is 0. The molecule has 0 saturated heterocycles. The Labute approximate surface area is 148 Å². The molecule has 0 spiro atoms. The predicted octanol–water partition coefficient (Wildman–Crippen LogP) is 5.05. The Morgan fingerprint density at radius 2 is 1.77 bits per heavy atom. The standard InChI is InChI=1S/C20H16F3NO2/c1-26-14-7-5-13(6-8-14)19(9-10-19)18-16(25)11-12-3-2-4-15(17(12)24-18)20(21,22)23/h2-8,11,25H,9-10H2,1H3. The van der Waals surface area contributed by atoms with Crippen molar-refractivity contribution in [2.45, 2.75) is 24.4 Å². The van der Waals surface area contributed by atoms with E-state index in [1.54, 1.807) is 19.2 Å². The monoisotopic (exact) mass is 359 g/mol. The summed E-state index contributed by atoms with van der Waals surface area (Å²) < 4.78 is 45.2. The predicted molar refractivity (Wildman–Crippen MR) is 91.4 cm³/mol. The molecule has 0 aliphatic heterocycles. The number of hydrogen-bond acceptors (Lipinski definition) is 3. The molecule has 1 heterocycles. The molecule has 0 unspecified atom stereocenters. The van der Waals surface area contributed by atoms with Crippen molar-refractivity contribution in [3.05, 3.63) is 65.4 Å². The van der Waals surface area contributed by atoms with Crippen molar-refractivity contribution in [1.82, 2.24) is 4.98 Å². The summed E-state index contributed by atoms with van der Waals surface area (Å²) in [5.41, 5.74) is -0.269. The van der Waals surface area contributed by atoms with Crippen LogP contribution in [0.3, 0.4) is 0 Å². The van der Waals surface area contributed by atoms with Gasteiger partial charge in [0, 0.05) is 10.8 Å². The van der Waals surface area contributed by atoms with Gasteiger partial charge in [0.05, 0.1) is 23.9 Å². The second-order valence-electron chi connectivity index (χ2n) is 6.54. The first-order valence-corrected chi connectivity index (χ1v) is 8.20. The average Bonchev–Trinajstić information content (AvgIpc) is 3.41. The topological polar surface area (TPSA) is 42.4 Å². The van der Waals surface area contributed by atoms with Gasteiger partial charge >= 0.3 is 6.18 Å². The molecule has 3 nitrogen and oxygen atoms in total. The van der Waals surface area contributed by atoms with Gasteiger partial charge in [0.15, 0.2) is 0 Å². The molecule has 6 heteroatoms. The summed E-state index contributed by atoms with van der Waals surface area (Å²) in [6, 6.07) is 12.6. The van der Waals surface area contributed by atoms with E-state index in [4.69, 9.17) is 4.74 Å². The third-order valence-corrected chi connectivity index (χ3v) is 4.98. The highest BCUT2D eigenvalue weighted by molar-refractivity contribution is 5.84. The maximum atomic E-state index is 13.4. The Morgan fingerprint density at radius 1 is 1.08 bits per heavy atom. The van der Waals surface area contributed by atoms with E-state index in [9.17, 15) is 18.3 Å². The van der Waals surface area contributed by atoms with Crippen molar-refractivity contribution >= 4 is 10.9 Å². The molecular weight excluding hydrogens is 343 g/mol. The van der Waals surface area contributed by atoms with Gasteiger partial charge in [-0.3, -0.25) is 0 Å². The number of aromatic hydroxyl groups is 1. The van der Waals surface area contributed by atoms with Crippen LogP contribution in [0.4, 0.5) is 13.2 Å². The number of nitrogens with zero attached hydrogens (tertiary/aromatic N) is 1. The molecule has 3 aromatic rings. The molecule has 1 aliphatic rings. The SMILES string of the molecule is COc1ccc(C2(c3nc4c(C(F)(F)F)cccc4cc3O)CC2)cc1. The second-order valence-corrected chi connectivity index (χ2v) is 6.54. The Bertz CT molecular complexity index is 977. The van der Waals surface area contributed by atoms with Crippen LogP contribution in [0.25, 0.3) is 10.9 Å². The third-order valence-electron chi connectivity index (χ3n) is 4.98. The number of methoxy groups -OCH3 is 1. The van der Waals surface area contributed by atoms with Crippen LogP contribution in [0, 0.1) is 0 Å². The largest absolute Gasteiger partial charge is 0.506 e. The Balaban J connectivity index is 1.89. The van der Waals surface area contributed by atoms with Gasteiger partial charge in [0.25, 0.3) is 0 Å².